The van der Waals surface area contributed by atoms with E-state index in [0.717, 1.165) is 37.4 Å². The summed E-state index contributed by atoms with van der Waals surface area (Å²) in [6.45, 7) is 5.67. The topological polar surface area (TPSA) is 45.4 Å². The average Bonchev–Trinajstić information content (AvgIpc) is 2.70. The van der Waals surface area contributed by atoms with Gasteiger partial charge < -0.3 is 14.8 Å². The second kappa shape index (κ2) is 5.23. The zero-order valence-corrected chi connectivity index (χ0v) is 10.8. The van der Waals surface area contributed by atoms with Crippen LogP contribution in [0.4, 0.5) is 0 Å². The van der Waals surface area contributed by atoms with E-state index < -0.39 is 5.60 Å². The van der Waals surface area contributed by atoms with E-state index in [1.54, 1.807) is 6.26 Å². The molecule has 0 aliphatic heterocycles. The lowest BCUT2D eigenvalue weighted by Gasteiger charge is -2.35. The van der Waals surface area contributed by atoms with E-state index in [1.807, 2.05) is 13.0 Å². The normalized spacial score (nSPS) is 29.5. The third-order valence-electron chi connectivity index (χ3n) is 3.91. The van der Waals surface area contributed by atoms with Gasteiger partial charge in [0.05, 0.1) is 18.4 Å². The number of aliphatic hydroxyl groups is 1. The minimum Gasteiger partial charge on any atom is -0.468 e. The molecule has 2 rings (SSSR count). The Morgan fingerprint density at radius 2 is 2.18 bits per heavy atom. The van der Waals surface area contributed by atoms with E-state index in [-0.39, 0.29) is 0 Å². The van der Waals surface area contributed by atoms with Gasteiger partial charge in [-0.15, -0.1) is 0 Å². The van der Waals surface area contributed by atoms with Gasteiger partial charge in [0.25, 0.3) is 0 Å². The van der Waals surface area contributed by atoms with Crippen molar-refractivity contribution in [3.05, 3.63) is 23.7 Å². The molecule has 0 radical (unpaired) electrons. The molecular formula is C14H23NO2. The Labute approximate surface area is 103 Å². The van der Waals surface area contributed by atoms with Gasteiger partial charge >= 0.3 is 0 Å². The van der Waals surface area contributed by atoms with Crippen LogP contribution in [0.5, 0.6) is 0 Å². The molecule has 17 heavy (non-hydrogen) atoms. The molecule has 0 saturated heterocycles. The molecule has 0 bridgehead atoms. The maximum absolute atomic E-state index is 10.4. The van der Waals surface area contributed by atoms with Crippen molar-refractivity contribution in [3.63, 3.8) is 0 Å². The van der Waals surface area contributed by atoms with Gasteiger partial charge in [-0.3, -0.25) is 0 Å². The van der Waals surface area contributed by atoms with E-state index in [4.69, 9.17) is 4.42 Å². The van der Waals surface area contributed by atoms with Crippen LogP contribution in [0.3, 0.4) is 0 Å². The standard InChI is InChI=1S/C14H23NO2/c1-11-3-6-14(16,7-4-11)10-15-9-13-12(2)5-8-17-13/h5,8,11,15-16H,3-4,6-7,9-10H2,1-2H3. The van der Waals surface area contributed by atoms with Crippen LogP contribution in [0, 0.1) is 12.8 Å². The molecule has 1 aromatic rings. The van der Waals surface area contributed by atoms with Crippen molar-refractivity contribution in [2.75, 3.05) is 6.54 Å². The Morgan fingerprint density at radius 1 is 1.47 bits per heavy atom. The van der Waals surface area contributed by atoms with Crippen molar-refractivity contribution < 1.29 is 9.52 Å². The number of hydrogen-bond acceptors (Lipinski definition) is 3. The summed E-state index contributed by atoms with van der Waals surface area (Å²) >= 11 is 0. The molecule has 1 heterocycles. The molecule has 0 atom stereocenters. The quantitative estimate of drug-likeness (QED) is 0.846. The summed E-state index contributed by atoms with van der Waals surface area (Å²) in [5.41, 5.74) is 0.661. The van der Waals surface area contributed by atoms with Crippen molar-refractivity contribution in [2.24, 2.45) is 5.92 Å². The van der Waals surface area contributed by atoms with Gasteiger partial charge in [0.1, 0.15) is 5.76 Å². The van der Waals surface area contributed by atoms with Crippen LogP contribution in [0.15, 0.2) is 16.7 Å². The monoisotopic (exact) mass is 237 g/mol. The van der Waals surface area contributed by atoms with Crippen molar-refractivity contribution in [1.82, 2.24) is 5.32 Å². The molecule has 96 valence electrons. The molecule has 2 N–H and O–H groups in total. The Balaban J connectivity index is 1.76. The van der Waals surface area contributed by atoms with Gasteiger partial charge in [-0.05, 0) is 50.2 Å². The average molecular weight is 237 g/mol. The fraction of sp³-hybridized carbons (Fsp3) is 0.714. The lowest BCUT2D eigenvalue weighted by molar-refractivity contribution is -0.00657. The van der Waals surface area contributed by atoms with Gasteiger partial charge in [0.15, 0.2) is 0 Å². The number of nitrogens with one attached hydrogen (secondary N) is 1. The van der Waals surface area contributed by atoms with Gasteiger partial charge in [-0.1, -0.05) is 6.92 Å². The van der Waals surface area contributed by atoms with Crippen LogP contribution in [0.1, 0.15) is 43.9 Å². The lowest BCUT2D eigenvalue weighted by Crippen LogP contribution is -2.43. The fourth-order valence-corrected chi connectivity index (χ4v) is 2.47. The van der Waals surface area contributed by atoms with Crippen LogP contribution >= 0.6 is 0 Å². The number of rotatable bonds is 4. The van der Waals surface area contributed by atoms with Crippen LogP contribution < -0.4 is 5.32 Å². The summed E-state index contributed by atoms with van der Waals surface area (Å²) in [6, 6.07) is 1.97. The molecule has 1 saturated carbocycles. The highest BCUT2D eigenvalue weighted by molar-refractivity contribution is 5.14. The zero-order valence-electron chi connectivity index (χ0n) is 10.8. The molecule has 1 fully saturated rings. The van der Waals surface area contributed by atoms with Crippen LogP contribution in [-0.4, -0.2) is 17.3 Å². The van der Waals surface area contributed by atoms with E-state index in [2.05, 4.69) is 12.2 Å². The molecular weight excluding hydrogens is 214 g/mol. The van der Waals surface area contributed by atoms with E-state index in [0.29, 0.717) is 13.1 Å². The SMILES string of the molecule is Cc1ccoc1CNCC1(O)CCC(C)CC1. The molecule has 0 amide bonds. The lowest BCUT2D eigenvalue weighted by atomic mass is 9.79. The molecule has 0 aromatic carbocycles. The minimum absolute atomic E-state index is 0.507. The number of furan rings is 1. The number of hydrogen-bond donors (Lipinski definition) is 2. The summed E-state index contributed by atoms with van der Waals surface area (Å²) in [5, 5.41) is 13.7. The first-order valence-electron chi connectivity index (χ1n) is 6.55. The summed E-state index contributed by atoms with van der Waals surface area (Å²) in [5.74, 6) is 1.74. The van der Waals surface area contributed by atoms with Crippen LogP contribution in [0.2, 0.25) is 0 Å². The van der Waals surface area contributed by atoms with Crippen LogP contribution in [-0.2, 0) is 6.54 Å². The third kappa shape index (κ3) is 3.33. The highest BCUT2D eigenvalue weighted by Gasteiger charge is 2.31. The van der Waals surface area contributed by atoms with Crippen molar-refractivity contribution >= 4 is 0 Å². The molecule has 1 aromatic heterocycles. The van der Waals surface area contributed by atoms with E-state index >= 15 is 0 Å². The Hall–Kier alpha value is -0.800. The molecule has 0 unspecified atom stereocenters. The van der Waals surface area contributed by atoms with Gasteiger partial charge in [-0.2, -0.15) is 0 Å². The zero-order chi connectivity index (χ0) is 12.3. The van der Waals surface area contributed by atoms with Crippen molar-refractivity contribution in [3.8, 4) is 0 Å². The van der Waals surface area contributed by atoms with Crippen molar-refractivity contribution in [2.45, 2.75) is 51.7 Å². The summed E-state index contributed by atoms with van der Waals surface area (Å²) in [6.07, 6.45) is 5.82. The highest BCUT2D eigenvalue weighted by atomic mass is 16.3. The van der Waals surface area contributed by atoms with Gasteiger partial charge in [0, 0.05) is 6.54 Å². The Bertz CT molecular complexity index is 351. The predicted octanol–water partition coefficient (Wildman–Crippen LogP) is 2.62. The second-order valence-corrected chi connectivity index (χ2v) is 5.54. The highest BCUT2D eigenvalue weighted by Crippen LogP contribution is 2.31. The first-order valence-corrected chi connectivity index (χ1v) is 6.55. The second-order valence-electron chi connectivity index (χ2n) is 5.54. The predicted molar refractivity (Wildman–Crippen MR) is 67.7 cm³/mol. The van der Waals surface area contributed by atoms with Gasteiger partial charge in [0.2, 0.25) is 0 Å². The first-order chi connectivity index (χ1) is 8.09. The van der Waals surface area contributed by atoms with Crippen molar-refractivity contribution in [1.29, 1.82) is 0 Å². The maximum atomic E-state index is 10.4. The molecule has 3 heteroatoms. The summed E-state index contributed by atoms with van der Waals surface area (Å²) in [4.78, 5) is 0. The maximum Gasteiger partial charge on any atom is 0.120 e. The first kappa shape index (κ1) is 12.7. The fourth-order valence-electron chi connectivity index (χ4n) is 2.47. The Morgan fingerprint density at radius 3 is 2.76 bits per heavy atom. The summed E-state index contributed by atoms with van der Waals surface area (Å²) < 4.78 is 5.36. The number of aryl methyl sites for hydroxylation is 1. The third-order valence-corrected chi connectivity index (χ3v) is 3.91. The largest absolute Gasteiger partial charge is 0.468 e. The molecule has 0 spiro atoms. The summed E-state index contributed by atoms with van der Waals surface area (Å²) in [7, 11) is 0. The molecule has 1 aliphatic carbocycles. The van der Waals surface area contributed by atoms with E-state index in [1.165, 1.54) is 5.56 Å². The minimum atomic E-state index is -0.507. The van der Waals surface area contributed by atoms with E-state index in [9.17, 15) is 5.11 Å². The van der Waals surface area contributed by atoms with Crippen LogP contribution in [0.25, 0.3) is 0 Å². The molecule has 3 nitrogen and oxygen atoms in total. The molecule has 1 aliphatic rings. The van der Waals surface area contributed by atoms with Gasteiger partial charge in [-0.25, -0.2) is 0 Å². The Kier molecular flexibility index (Phi) is 3.89. The smallest absolute Gasteiger partial charge is 0.120 e.